The lowest BCUT2D eigenvalue weighted by Gasteiger charge is -2.06. The van der Waals surface area contributed by atoms with Crippen molar-refractivity contribution in [1.29, 1.82) is 0 Å². The highest BCUT2D eigenvalue weighted by atomic mass is 35.5. The van der Waals surface area contributed by atoms with Gasteiger partial charge in [-0.05, 0) is 24.1 Å². The van der Waals surface area contributed by atoms with E-state index in [0.717, 1.165) is 16.7 Å². The first kappa shape index (κ1) is 9.69. The first-order chi connectivity index (χ1) is 5.69. The minimum atomic E-state index is 0.277. The molecular weight excluding hydrogens is 195 g/mol. The van der Waals surface area contributed by atoms with E-state index in [1.807, 2.05) is 19.1 Å². The molecule has 0 fully saturated rings. The molecule has 0 saturated heterocycles. The van der Waals surface area contributed by atoms with E-state index in [0.29, 0.717) is 11.8 Å². The normalized spacial score (nSPS) is 10.2. The largest absolute Gasteiger partial charge is 0.507 e. The van der Waals surface area contributed by atoms with Gasteiger partial charge in [-0.2, -0.15) is 0 Å². The summed E-state index contributed by atoms with van der Waals surface area (Å²) in [6, 6.07) is 3.68. The second-order valence-electron chi connectivity index (χ2n) is 2.69. The molecule has 0 aliphatic carbocycles. The van der Waals surface area contributed by atoms with Crippen molar-refractivity contribution < 1.29 is 5.11 Å². The number of aromatic hydroxyl groups is 1. The van der Waals surface area contributed by atoms with Crippen LogP contribution in [-0.2, 0) is 11.8 Å². The number of phenols is 1. The third kappa shape index (κ3) is 1.85. The van der Waals surface area contributed by atoms with E-state index in [2.05, 4.69) is 0 Å². The van der Waals surface area contributed by atoms with Crippen molar-refractivity contribution in [3.63, 3.8) is 0 Å². The maximum absolute atomic E-state index is 9.49. The van der Waals surface area contributed by atoms with E-state index in [4.69, 9.17) is 23.2 Å². The number of aryl methyl sites for hydroxylation is 1. The van der Waals surface area contributed by atoms with Gasteiger partial charge in [0.15, 0.2) is 0 Å². The molecular formula is C9H10Cl2O. The lowest BCUT2D eigenvalue weighted by molar-refractivity contribution is 0.466. The van der Waals surface area contributed by atoms with E-state index in [-0.39, 0.29) is 5.75 Å². The van der Waals surface area contributed by atoms with Crippen molar-refractivity contribution in [3.05, 3.63) is 28.8 Å². The Labute approximate surface area is 81.9 Å². The van der Waals surface area contributed by atoms with E-state index in [1.54, 1.807) is 0 Å². The Morgan fingerprint density at radius 1 is 1.25 bits per heavy atom. The highest BCUT2D eigenvalue weighted by molar-refractivity contribution is 6.17. The van der Waals surface area contributed by atoms with Gasteiger partial charge in [0, 0.05) is 11.4 Å². The highest BCUT2D eigenvalue weighted by Gasteiger charge is 2.04. The molecule has 0 aliphatic heterocycles. The molecule has 0 heterocycles. The Morgan fingerprint density at radius 3 is 2.42 bits per heavy atom. The van der Waals surface area contributed by atoms with Crippen LogP contribution < -0.4 is 0 Å². The Morgan fingerprint density at radius 2 is 1.92 bits per heavy atom. The smallest absolute Gasteiger partial charge is 0.122 e. The van der Waals surface area contributed by atoms with Gasteiger partial charge in [-0.15, -0.1) is 23.2 Å². The molecule has 0 amide bonds. The SMILES string of the molecule is Cc1cc(CCl)cc(CCl)c1O. The third-order valence-electron chi connectivity index (χ3n) is 1.74. The predicted octanol–water partition coefficient (Wildman–Crippen LogP) is 3.18. The Bertz CT molecular complexity index is 284. The Balaban J connectivity index is 3.19. The molecule has 0 spiro atoms. The van der Waals surface area contributed by atoms with Crippen LogP contribution in [0.25, 0.3) is 0 Å². The molecule has 0 radical (unpaired) electrons. The first-order valence-corrected chi connectivity index (χ1v) is 4.69. The van der Waals surface area contributed by atoms with Gasteiger partial charge in [-0.25, -0.2) is 0 Å². The molecule has 0 aromatic heterocycles. The standard InChI is InChI=1S/C9H10Cl2O/c1-6-2-7(4-10)3-8(5-11)9(6)12/h2-3,12H,4-5H2,1H3. The fourth-order valence-corrected chi connectivity index (χ4v) is 1.47. The molecule has 0 aliphatic rings. The van der Waals surface area contributed by atoms with Crippen LogP contribution in [-0.4, -0.2) is 5.11 Å². The van der Waals surface area contributed by atoms with Gasteiger partial charge in [0.2, 0.25) is 0 Å². The molecule has 0 atom stereocenters. The monoisotopic (exact) mass is 204 g/mol. The van der Waals surface area contributed by atoms with Crippen LogP contribution in [0.4, 0.5) is 0 Å². The van der Waals surface area contributed by atoms with Crippen molar-refractivity contribution in [2.24, 2.45) is 0 Å². The number of alkyl halides is 2. The highest BCUT2D eigenvalue weighted by Crippen LogP contribution is 2.25. The summed E-state index contributed by atoms with van der Waals surface area (Å²) in [7, 11) is 0. The van der Waals surface area contributed by atoms with Crippen molar-refractivity contribution in [3.8, 4) is 5.75 Å². The molecule has 3 heteroatoms. The number of rotatable bonds is 2. The lowest BCUT2D eigenvalue weighted by atomic mass is 10.1. The van der Waals surface area contributed by atoms with E-state index >= 15 is 0 Å². The Hall–Kier alpha value is -0.400. The maximum Gasteiger partial charge on any atom is 0.122 e. The molecule has 1 rings (SSSR count). The Kier molecular flexibility index (Phi) is 3.24. The molecule has 66 valence electrons. The fraction of sp³-hybridized carbons (Fsp3) is 0.333. The molecule has 12 heavy (non-hydrogen) atoms. The molecule has 1 aromatic carbocycles. The summed E-state index contributed by atoms with van der Waals surface area (Å²) in [6.07, 6.45) is 0. The topological polar surface area (TPSA) is 20.2 Å². The second kappa shape index (κ2) is 4.01. The van der Waals surface area contributed by atoms with Crippen LogP contribution in [0.2, 0.25) is 0 Å². The van der Waals surface area contributed by atoms with Crippen molar-refractivity contribution in [1.82, 2.24) is 0 Å². The molecule has 0 saturated carbocycles. The second-order valence-corrected chi connectivity index (χ2v) is 3.22. The summed E-state index contributed by atoms with van der Waals surface area (Å²) in [5.74, 6) is 1.04. The quantitative estimate of drug-likeness (QED) is 0.735. The van der Waals surface area contributed by atoms with Crippen molar-refractivity contribution in [2.45, 2.75) is 18.7 Å². The fourth-order valence-electron chi connectivity index (χ4n) is 1.11. The van der Waals surface area contributed by atoms with Gasteiger partial charge in [-0.1, -0.05) is 6.07 Å². The minimum absolute atomic E-state index is 0.277. The zero-order valence-electron chi connectivity index (χ0n) is 6.77. The number of hydrogen-bond acceptors (Lipinski definition) is 1. The summed E-state index contributed by atoms with van der Waals surface area (Å²) < 4.78 is 0. The van der Waals surface area contributed by atoms with Crippen LogP contribution in [0.15, 0.2) is 12.1 Å². The average molecular weight is 205 g/mol. The van der Waals surface area contributed by atoms with Gasteiger partial charge in [0.25, 0.3) is 0 Å². The van der Waals surface area contributed by atoms with Gasteiger partial charge >= 0.3 is 0 Å². The summed E-state index contributed by atoms with van der Waals surface area (Å²) in [6.45, 7) is 1.83. The number of benzene rings is 1. The number of phenolic OH excluding ortho intramolecular Hbond substituents is 1. The summed E-state index contributed by atoms with van der Waals surface area (Å²) in [4.78, 5) is 0. The van der Waals surface area contributed by atoms with Gasteiger partial charge in [-0.3, -0.25) is 0 Å². The van der Waals surface area contributed by atoms with Crippen molar-refractivity contribution >= 4 is 23.2 Å². The molecule has 1 N–H and O–H groups in total. The summed E-state index contributed by atoms with van der Waals surface area (Å²) in [5.41, 5.74) is 2.55. The number of halogens is 2. The zero-order valence-corrected chi connectivity index (χ0v) is 8.28. The van der Waals surface area contributed by atoms with Crippen LogP contribution in [0.5, 0.6) is 5.75 Å². The van der Waals surface area contributed by atoms with Crippen LogP contribution in [0.3, 0.4) is 0 Å². The molecule has 0 bridgehead atoms. The minimum Gasteiger partial charge on any atom is -0.507 e. The van der Waals surface area contributed by atoms with E-state index in [1.165, 1.54) is 0 Å². The first-order valence-electron chi connectivity index (χ1n) is 3.62. The van der Waals surface area contributed by atoms with Crippen molar-refractivity contribution in [2.75, 3.05) is 0 Å². The van der Waals surface area contributed by atoms with Gasteiger partial charge < -0.3 is 5.11 Å². The average Bonchev–Trinajstić information content (AvgIpc) is 2.09. The van der Waals surface area contributed by atoms with Crippen LogP contribution in [0.1, 0.15) is 16.7 Å². The molecule has 1 nitrogen and oxygen atoms in total. The maximum atomic E-state index is 9.49. The summed E-state index contributed by atoms with van der Waals surface area (Å²) in [5, 5.41) is 9.49. The van der Waals surface area contributed by atoms with Gasteiger partial charge in [0.05, 0.1) is 5.88 Å². The third-order valence-corrected chi connectivity index (χ3v) is 2.33. The number of hydrogen-bond donors (Lipinski definition) is 1. The molecule has 1 aromatic rings. The van der Waals surface area contributed by atoms with E-state index < -0.39 is 0 Å². The zero-order chi connectivity index (χ0) is 9.14. The lowest BCUT2D eigenvalue weighted by Crippen LogP contribution is -1.87. The van der Waals surface area contributed by atoms with Gasteiger partial charge in [0.1, 0.15) is 5.75 Å². The van der Waals surface area contributed by atoms with Crippen LogP contribution in [0, 0.1) is 6.92 Å². The predicted molar refractivity (Wildman–Crippen MR) is 52.0 cm³/mol. The van der Waals surface area contributed by atoms with Crippen LogP contribution >= 0.6 is 23.2 Å². The summed E-state index contributed by atoms with van der Waals surface area (Å²) >= 11 is 11.3. The van der Waals surface area contributed by atoms with E-state index in [9.17, 15) is 5.11 Å². The molecule has 0 unspecified atom stereocenters.